The number of carbonyl (C=O) groups is 1. The van der Waals surface area contributed by atoms with Gasteiger partial charge >= 0.3 is 6.09 Å². The molecule has 1 amide bonds. The molecule has 5 heteroatoms. The van der Waals surface area contributed by atoms with E-state index in [-0.39, 0.29) is 11.9 Å². The van der Waals surface area contributed by atoms with Crippen LogP contribution in [0.4, 0.5) is 20.6 Å². The second kappa shape index (κ2) is 5.87. The molecule has 3 atom stereocenters. The normalized spacial score (nSPS) is 25.5. The zero-order chi connectivity index (χ0) is 16.6. The van der Waals surface area contributed by atoms with Crippen molar-refractivity contribution in [3.05, 3.63) is 36.2 Å². The van der Waals surface area contributed by atoms with Crippen LogP contribution in [0, 0.1) is 17.7 Å². The van der Waals surface area contributed by atoms with E-state index in [0.29, 0.717) is 23.2 Å². The van der Waals surface area contributed by atoms with E-state index in [2.05, 4.69) is 22.8 Å². The molecule has 1 aromatic carbocycles. The number of amides is 1. The molecule has 0 saturated heterocycles. The van der Waals surface area contributed by atoms with Crippen LogP contribution in [0.1, 0.15) is 33.6 Å². The molecule has 3 unspecified atom stereocenters. The largest absolute Gasteiger partial charge is 0.444 e. The second-order valence-electron chi connectivity index (χ2n) is 7.31. The van der Waals surface area contributed by atoms with Gasteiger partial charge in [0, 0.05) is 17.6 Å². The average Bonchev–Trinajstić information content (AvgIpc) is 2.78. The maximum Gasteiger partial charge on any atom is 0.412 e. The summed E-state index contributed by atoms with van der Waals surface area (Å²) in [5, 5.41) is 5.90. The Kier molecular flexibility index (Phi) is 4.04. The Balaban J connectivity index is 1.65. The second-order valence-corrected chi connectivity index (χ2v) is 7.31. The molecule has 2 aliphatic carbocycles. The highest BCUT2D eigenvalue weighted by molar-refractivity contribution is 5.85. The first-order valence-electron chi connectivity index (χ1n) is 8.04. The van der Waals surface area contributed by atoms with E-state index in [1.807, 2.05) is 0 Å². The van der Waals surface area contributed by atoms with E-state index in [9.17, 15) is 9.18 Å². The number of nitrogens with one attached hydrogen (secondary N) is 2. The van der Waals surface area contributed by atoms with E-state index in [4.69, 9.17) is 4.74 Å². The molecule has 0 radical (unpaired) electrons. The maximum atomic E-state index is 14.0. The summed E-state index contributed by atoms with van der Waals surface area (Å²) < 4.78 is 19.2. The van der Waals surface area contributed by atoms with Crippen molar-refractivity contribution in [2.75, 3.05) is 10.6 Å². The van der Waals surface area contributed by atoms with Crippen molar-refractivity contribution < 1.29 is 13.9 Å². The fourth-order valence-corrected chi connectivity index (χ4v) is 3.22. The molecule has 23 heavy (non-hydrogen) atoms. The van der Waals surface area contributed by atoms with Crippen LogP contribution in [-0.2, 0) is 4.74 Å². The number of hydrogen-bond acceptors (Lipinski definition) is 3. The fraction of sp³-hybridized carbons (Fsp3) is 0.500. The lowest BCUT2D eigenvalue weighted by Gasteiger charge is -2.41. The summed E-state index contributed by atoms with van der Waals surface area (Å²) in [6, 6.07) is 4.77. The van der Waals surface area contributed by atoms with E-state index < -0.39 is 11.7 Å². The summed E-state index contributed by atoms with van der Waals surface area (Å²) in [6.07, 6.45) is 6.06. The van der Waals surface area contributed by atoms with Crippen LogP contribution in [0.3, 0.4) is 0 Å². The molecule has 1 saturated carbocycles. The number of hydrogen-bond donors (Lipinski definition) is 2. The minimum atomic E-state index is -0.569. The monoisotopic (exact) mass is 318 g/mol. The van der Waals surface area contributed by atoms with Gasteiger partial charge in [-0.3, -0.25) is 5.32 Å². The van der Waals surface area contributed by atoms with Gasteiger partial charge in [0.2, 0.25) is 0 Å². The molecule has 0 heterocycles. The highest BCUT2D eigenvalue weighted by Gasteiger charge is 2.41. The number of carbonyl (C=O) groups excluding carboxylic acids is 1. The quantitative estimate of drug-likeness (QED) is 0.804. The van der Waals surface area contributed by atoms with Crippen LogP contribution >= 0.6 is 0 Å². The number of allylic oxidation sites excluding steroid dienone is 1. The molecular weight excluding hydrogens is 295 g/mol. The Morgan fingerprint density at radius 2 is 2.13 bits per heavy atom. The third-order valence-electron chi connectivity index (χ3n) is 4.32. The number of fused-ring (bicyclic) bond motifs is 1. The molecule has 3 rings (SSSR count). The van der Waals surface area contributed by atoms with Gasteiger partial charge in [0.25, 0.3) is 0 Å². The highest BCUT2D eigenvalue weighted by Crippen LogP contribution is 2.44. The van der Waals surface area contributed by atoms with Gasteiger partial charge in [0.15, 0.2) is 0 Å². The van der Waals surface area contributed by atoms with Crippen molar-refractivity contribution in [1.82, 2.24) is 0 Å². The van der Waals surface area contributed by atoms with E-state index >= 15 is 0 Å². The Labute approximate surface area is 136 Å². The average molecular weight is 318 g/mol. The Hall–Kier alpha value is -2.04. The Morgan fingerprint density at radius 3 is 2.83 bits per heavy atom. The number of anilines is 2. The molecule has 1 aromatic rings. The topological polar surface area (TPSA) is 50.4 Å². The van der Waals surface area contributed by atoms with Gasteiger partial charge in [-0.2, -0.15) is 0 Å². The fourth-order valence-electron chi connectivity index (χ4n) is 3.22. The zero-order valence-electron chi connectivity index (χ0n) is 13.7. The summed E-state index contributed by atoms with van der Waals surface area (Å²) >= 11 is 0. The Bertz CT molecular complexity index is 636. The van der Waals surface area contributed by atoms with Crippen LogP contribution in [0.25, 0.3) is 0 Å². The molecule has 0 spiro atoms. The highest BCUT2D eigenvalue weighted by atomic mass is 19.1. The van der Waals surface area contributed by atoms with Crippen molar-refractivity contribution in [2.45, 2.75) is 45.3 Å². The van der Waals surface area contributed by atoms with Crippen molar-refractivity contribution in [1.29, 1.82) is 0 Å². The minimum Gasteiger partial charge on any atom is -0.444 e. The lowest BCUT2D eigenvalue weighted by Crippen LogP contribution is -2.43. The van der Waals surface area contributed by atoms with Crippen molar-refractivity contribution in [2.24, 2.45) is 11.8 Å². The van der Waals surface area contributed by atoms with Crippen LogP contribution in [0.15, 0.2) is 30.4 Å². The molecular formula is C18H23FN2O2. The van der Waals surface area contributed by atoms with Crippen LogP contribution in [0.2, 0.25) is 0 Å². The van der Waals surface area contributed by atoms with E-state index in [1.54, 1.807) is 26.8 Å². The minimum absolute atomic E-state index is 0.269. The Morgan fingerprint density at radius 1 is 1.35 bits per heavy atom. The van der Waals surface area contributed by atoms with Crippen LogP contribution in [-0.4, -0.2) is 17.7 Å². The van der Waals surface area contributed by atoms with Gasteiger partial charge in [-0.05, 0) is 57.7 Å². The summed E-state index contributed by atoms with van der Waals surface area (Å²) in [5.74, 6) is 0.890. The number of ether oxygens (including phenoxy) is 1. The standard InChI is InChI=1S/C18H23FN2O2/c1-18(2,3)23-17(22)20-12-7-8-14(19)16(10-12)21-15-9-11-5-4-6-13(11)15/h4,6-8,10-11,13,15,21H,5,9H2,1-3H3,(H,20,22). The van der Waals surface area contributed by atoms with Gasteiger partial charge in [-0.1, -0.05) is 12.2 Å². The first-order valence-corrected chi connectivity index (χ1v) is 8.04. The van der Waals surface area contributed by atoms with Crippen molar-refractivity contribution in [3.63, 3.8) is 0 Å². The molecule has 0 bridgehead atoms. The van der Waals surface area contributed by atoms with Crippen LogP contribution < -0.4 is 10.6 Å². The first kappa shape index (κ1) is 15.8. The lowest BCUT2D eigenvalue weighted by molar-refractivity contribution is 0.0636. The summed E-state index contributed by atoms with van der Waals surface area (Å²) in [7, 11) is 0. The van der Waals surface area contributed by atoms with Crippen LogP contribution in [0.5, 0.6) is 0 Å². The number of rotatable bonds is 3. The predicted molar refractivity (Wildman–Crippen MR) is 89.0 cm³/mol. The lowest BCUT2D eigenvalue weighted by atomic mass is 9.71. The molecule has 2 aliphatic rings. The van der Waals surface area contributed by atoms with Gasteiger partial charge in [-0.15, -0.1) is 0 Å². The van der Waals surface area contributed by atoms with Gasteiger partial charge < -0.3 is 10.1 Å². The van der Waals surface area contributed by atoms with Gasteiger partial charge in [-0.25, -0.2) is 9.18 Å². The smallest absolute Gasteiger partial charge is 0.412 e. The molecule has 124 valence electrons. The third-order valence-corrected chi connectivity index (χ3v) is 4.32. The molecule has 2 N–H and O–H groups in total. The van der Waals surface area contributed by atoms with Crippen molar-refractivity contribution >= 4 is 17.5 Å². The third kappa shape index (κ3) is 3.66. The maximum absolute atomic E-state index is 14.0. The molecule has 4 nitrogen and oxygen atoms in total. The number of halogens is 1. The van der Waals surface area contributed by atoms with E-state index in [1.165, 1.54) is 12.1 Å². The summed E-state index contributed by atoms with van der Waals surface area (Å²) in [4.78, 5) is 11.8. The van der Waals surface area contributed by atoms with E-state index in [0.717, 1.165) is 12.8 Å². The van der Waals surface area contributed by atoms with Gasteiger partial charge in [0.05, 0.1) is 5.69 Å². The summed E-state index contributed by atoms with van der Waals surface area (Å²) in [5.41, 5.74) is 0.365. The molecule has 0 aromatic heterocycles. The van der Waals surface area contributed by atoms with Gasteiger partial charge in [0.1, 0.15) is 11.4 Å². The van der Waals surface area contributed by atoms with Crippen molar-refractivity contribution in [3.8, 4) is 0 Å². The molecule has 0 aliphatic heterocycles. The predicted octanol–water partition coefficient (Wildman–Crippen LogP) is 4.55. The zero-order valence-corrected chi connectivity index (χ0v) is 13.7. The SMILES string of the molecule is CC(C)(C)OC(=O)Nc1ccc(F)c(NC2CC3CC=CC32)c1. The first-order chi connectivity index (χ1) is 10.8. The number of benzene rings is 1. The molecule has 1 fully saturated rings. The summed E-state index contributed by atoms with van der Waals surface area (Å²) in [6.45, 7) is 5.39.